The predicted molar refractivity (Wildman–Crippen MR) is 160 cm³/mol. The SMILES string of the molecule is CCN1CCN(c2ccc(O)c(-c3ccc(C#C[C@]4(CN5Cc6ccc(OC)cc6C5=O)NC(=O)NC4=O)cc3)n2)CC1. The summed E-state index contributed by atoms with van der Waals surface area (Å²) in [6, 6.07) is 15.2. The molecule has 43 heavy (non-hydrogen) atoms. The number of imide groups is 1. The van der Waals surface area contributed by atoms with Crippen LogP contribution in [-0.2, 0) is 11.3 Å². The number of aromatic nitrogens is 1. The van der Waals surface area contributed by atoms with E-state index in [9.17, 15) is 19.5 Å². The Labute approximate surface area is 249 Å². The highest BCUT2D eigenvalue weighted by Crippen LogP contribution is 2.31. The van der Waals surface area contributed by atoms with Crippen molar-refractivity contribution in [3.63, 3.8) is 0 Å². The number of likely N-dealkylation sites (N-methyl/N-ethyl adjacent to an activating group) is 1. The summed E-state index contributed by atoms with van der Waals surface area (Å²) in [5.74, 6) is 6.49. The summed E-state index contributed by atoms with van der Waals surface area (Å²) in [5, 5.41) is 15.5. The molecule has 2 fully saturated rings. The first-order valence-electron chi connectivity index (χ1n) is 14.2. The molecule has 220 valence electrons. The Kier molecular flexibility index (Phi) is 7.38. The van der Waals surface area contributed by atoms with Crippen molar-refractivity contribution in [1.29, 1.82) is 0 Å². The average molecular weight is 581 g/mol. The minimum atomic E-state index is -1.62. The smallest absolute Gasteiger partial charge is 0.323 e. The van der Waals surface area contributed by atoms with Gasteiger partial charge in [-0.2, -0.15) is 0 Å². The number of fused-ring (bicyclic) bond motifs is 1. The normalized spacial score (nSPS) is 19.9. The zero-order valence-electron chi connectivity index (χ0n) is 24.0. The van der Waals surface area contributed by atoms with Gasteiger partial charge in [0.1, 0.15) is 23.0 Å². The second-order valence-electron chi connectivity index (χ2n) is 10.8. The molecule has 6 rings (SSSR count). The van der Waals surface area contributed by atoms with Crippen molar-refractivity contribution in [2.75, 3.05) is 51.3 Å². The zero-order valence-corrected chi connectivity index (χ0v) is 24.0. The molecule has 2 saturated heterocycles. The number of carbonyl (C=O) groups excluding carboxylic acids is 3. The quantitative estimate of drug-likeness (QED) is 0.299. The van der Waals surface area contributed by atoms with E-state index in [1.807, 2.05) is 12.1 Å². The number of aromatic hydroxyl groups is 1. The molecule has 0 saturated carbocycles. The molecule has 2 aromatic carbocycles. The Morgan fingerprint density at radius 1 is 1.02 bits per heavy atom. The lowest BCUT2D eigenvalue weighted by molar-refractivity contribution is -0.122. The molecule has 11 heteroatoms. The summed E-state index contributed by atoms with van der Waals surface area (Å²) in [4.78, 5) is 49.2. The van der Waals surface area contributed by atoms with Crippen LogP contribution in [0, 0.1) is 11.8 Å². The van der Waals surface area contributed by atoms with Crippen LogP contribution in [-0.4, -0.2) is 89.7 Å². The first kappa shape index (κ1) is 28.1. The van der Waals surface area contributed by atoms with E-state index in [-0.39, 0.29) is 24.7 Å². The van der Waals surface area contributed by atoms with Crippen molar-refractivity contribution in [3.8, 4) is 34.6 Å². The number of nitrogens with zero attached hydrogens (tertiary/aromatic N) is 4. The van der Waals surface area contributed by atoms with Crippen molar-refractivity contribution in [2.24, 2.45) is 0 Å². The molecule has 0 radical (unpaired) electrons. The standard InChI is InChI=1S/C32H32N6O5/c1-3-36-14-16-37(17-15-36)27-11-10-26(39)28(33-27)22-6-4-21(5-7-22)12-13-32(30(41)34-31(42)35-32)20-38-19-23-8-9-24(43-2)18-25(23)29(38)40/h4-11,18,39H,3,14-17,19-20H2,1-2H3,(H2,34,35,41,42)/t32-/m1/s1. The number of benzene rings is 2. The van der Waals surface area contributed by atoms with Crippen LogP contribution >= 0.6 is 0 Å². The molecular weight excluding hydrogens is 548 g/mol. The number of carbonyl (C=O) groups is 3. The number of rotatable bonds is 6. The van der Waals surface area contributed by atoms with Crippen LogP contribution in [0.15, 0.2) is 54.6 Å². The lowest BCUT2D eigenvalue weighted by atomic mass is 9.98. The first-order chi connectivity index (χ1) is 20.8. The van der Waals surface area contributed by atoms with E-state index < -0.39 is 17.5 Å². The molecule has 1 aromatic heterocycles. The number of pyridine rings is 1. The van der Waals surface area contributed by atoms with E-state index in [0.717, 1.165) is 49.7 Å². The van der Waals surface area contributed by atoms with Gasteiger partial charge in [-0.05, 0) is 48.5 Å². The van der Waals surface area contributed by atoms with Crippen molar-refractivity contribution >= 4 is 23.7 Å². The number of anilines is 1. The summed E-state index contributed by atoms with van der Waals surface area (Å²) in [7, 11) is 1.53. The zero-order chi connectivity index (χ0) is 30.1. The van der Waals surface area contributed by atoms with Crippen LogP contribution in [0.4, 0.5) is 10.6 Å². The molecule has 11 nitrogen and oxygen atoms in total. The summed E-state index contributed by atoms with van der Waals surface area (Å²) in [6.07, 6.45) is 0. The molecule has 4 amide bonds. The Hall–Kier alpha value is -5.08. The molecule has 0 spiro atoms. The topological polar surface area (TPSA) is 127 Å². The molecule has 4 heterocycles. The van der Waals surface area contributed by atoms with Gasteiger partial charge in [0.05, 0.1) is 13.7 Å². The van der Waals surface area contributed by atoms with Crippen molar-refractivity contribution in [3.05, 3.63) is 71.3 Å². The fourth-order valence-corrected chi connectivity index (χ4v) is 5.63. The molecule has 0 aliphatic carbocycles. The minimum absolute atomic E-state index is 0.0768. The maximum atomic E-state index is 13.2. The van der Waals surface area contributed by atoms with Crippen molar-refractivity contribution in [2.45, 2.75) is 19.0 Å². The van der Waals surface area contributed by atoms with Crippen molar-refractivity contribution in [1.82, 2.24) is 25.4 Å². The largest absolute Gasteiger partial charge is 0.506 e. The summed E-state index contributed by atoms with van der Waals surface area (Å²) >= 11 is 0. The van der Waals surface area contributed by atoms with E-state index >= 15 is 0 Å². The summed E-state index contributed by atoms with van der Waals surface area (Å²) in [5.41, 5.74) is 1.45. The van der Waals surface area contributed by atoms with Gasteiger partial charge in [-0.15, -0.1) is 0 Å². The number of nitrogens with one attached hydrogen (secondary N) is 2. The monoisotopic (exact) mass is 580 g/mol. The number of piperazine rings is 1. The van der Waals surface area contributed by atoms with Gasteiger partial charge in [0.2, 0.25) is 5.54 Å². The summed E-state index contributed by atoms with van der Waals surface area (Å²) < 4.78 is 5.24. The van der Waals surface area contributed by atoms with Gasteiger partial charge in [0.15, 0.2) is 0 Å². The highest BCUT2D eigenvalue weighted by Gasteiger charge is 2.48. The van der Waals surface area contributed by atoms with Gasteiger partial charge in [-0.3, -0.25) is 14.9 Å². The molecule has 3 aromatic rings. The second kappa shape index (κ2) is 11.3. The van der Waals surface area contributed by atoms with Gasteiger partial charge >= 0.3 is 6.03 Å². The maximum absolute atomic E-state index is 13.2. The van der Waals surface area contributed by atoms with Gasteiger partial charge in [0.25, 0.3) is 11.8 Å². The Balaban J connectivity index is 1.22. The molecule has 3 aliphatic heterocycles. The van der Waals surface area contributed by atoms with Crippen molar-refractivity contribution < 1.29 is 24.2 Å². The molecule has 0 unspecified atom stereocenters. The minimum Gasteiger partial charge on any atom is -0.506 e. The van der Waals surface area contributed by atoms with Gasteiger partial charge in [0, 0.05) is 49.4 Å². The fourth-order valence-electron chi connectivity index (χ4n) is 5.63. The van der Waals surface area contributed by atoms with E-state index in [1.165, 1.54) is 12.0 Å². The molecular formula is C32H32N6O5. The van der Waals surface area contributed by atoms with Gasteiger partial charge in [-0.1, -0.05) is 37.0 Å². The lowest BCUT2D eigenvalue weighted by Crippen LogP contribution is -2.54. The molecule has 0 bridgehead atoms. The van der Waals surface area contributed by atoms with Gasteiger partial charge in [-0.25, -0.2) is 9.78 Å². The predicted octanol–water partition coefficient (Wildman–Crippen LogP) is 2.19. The highest BCUT2D eigenvalue weighted by molar-refractivity contribution is 6.10. The molecule has 3 aliphatic rings. The van der Waals surface area contributed by atoms with Crippen LogP contribution in [0.1, 0.15) is 28.4 Å². The van der Waals surface area contributed by atoms with Crippen LogP contribution in [0.5, 0.6) is 11.5 Å². The number of amides is 4. The highest BCUT2D eigenvalue weighted by atomic mass is 16.5. The number of urea groups is 1. The van der Waals surface area contributed by atoms with Crippen LogP contribution in [0.2, 0.25) is 0 Å². The third kappa shape index (κ3) is 5.45. The maximum Gasteiger partial charge on any atom is 0.323 e. The Morgan fingerprint density at radius 2 is 1.79 bits per heavy atom. The number of methoxy groups -OCH3 is 1. The van der Waals surface area contributed by atoms with E-state index in [0.29, 0.717) is 22.6 Å². The van der Waals surface area contributed by atoms with E-state index in [4.69, 9.17) is 9.72 Å². The Morgan fingerprint density at radius 3 is 2.47 bits per heavy atom. The van der Waals surface area contributed by atoms with Crippen LogP contribution < -0.4 is 20.3 Å². The van der Waals surface area contributed by atoms with E-state index in [2.05, 4.69) is 39.2 Å². The Bertz CT molecular complexity index is 1650. The van der Waals surface area contributed by atoms with E-state index in [1.54, 1.807) is 42.5 Å². The average Bonchev–Trinajstić information content (AvgIpc) is 3.49. The third-order valence-electron chi connectivity index (χ3n) is 8.15. The lowest BCUT2D eigenvalue weighted by Gasteiger charge is -2.34. The fraction of sp³-hybridized carbons (Fsp3) is 0.312. The third-order valence-corrected chi connectivity index (χ3v) is 8.15. The van der Waals surface area contributed by atoms with Crippen LogP contribution in [0.3, 0.4) is 0 Å². The van der Waals surface area contributed by atoms with Gasteiger partial charge < -0.3 is 29.9 Å². The molecule has 3 N–H and O–H groups in total. The molecule has 1 atom stereocenters. The number of hydrogen-bond donors (Lipinski definition) is 3. The second-order valence-corrected chi connectivity index (χ2v) is 10.8. The summed E-state index contributed by atoms with van der Waals surface area (Å²) in [6.45, 7) is 7.01. The first-order valence-corrected chi connectivity index (χ1v) is 14.2. The van der Waals surface area contributed by atoms with Crippen LogP contribution in [0.25, 0.3) is 11.3 Å². The number of ether oxygens (including phenoxy) is 1. The number of hydrogen-bond acceptors (Lipinski definition) is 8.